The molecule has 0 aromatic heterocycles. The van der Waals surface area contributed by atoms with Crippen LogP contribution in [0.5, 0.6) is 0 Å². The second kappa shape index (κ2) is 6.57. The number of hydrogen-bond acceptors (Lipinski definition) is 4. The minimum Gasteiger partial charge on any atom is -0.379 e. The van der Waals surface area contributed by atoms with E-state index in [0.717, 1.165) is 55.4 Å². The summed E-state index contributed by atoms with van der Waals surface area (Å²) >= 11 is 0. The number of nitrogens with zero attached hydrogens (tertiary/aromatic N) is 3. The Hall–Kier alpha value is -2.25. The lowest BCUT2D eigenvalue weighted by Gasteiger charge is -2.28. The predicted molar refractivity (Wildman–Crippen MR) is 92.7 cm³/mol. The first-order valence-corrected chi connectivity index (χ1v) is 8.79. The molecule has 1 aromatic carbocycles. The molecule has 2 saturated heterocycles. The standard InChI is InChI=1S/C18H23N4O3/c1-13-14-5-2-3-6-15(14)18(23)16-17(13)21(22(24)19-16)8-4-7-20-9-11-25-12-10-20/h2-3,5-6,16-17H,1,4,7-12H2,(H,19,24)/q+1. The second-order valence-electron chi connectivity index (χ2n) is 6.73. The third-order valence-corrected chi connectivity index (χ3v) is 5.26. The Morgan fingerprint density at radius 3 is 2.68 bits per heavy atom. The second-order valence-corrected chi connectivity index (χ2v) is 6.73. The highest BCUT2D eigenvalue weighted by Crippen LogP contribution is 2.35. The van der Waals surface area contributed by atoms with Gasteiger partial charge in [-0.1, -0.05) is 30.8 Å². The Bertz CT molecular complexity index is 714. The summed E-state index contributed by atoms with van der Waals surface area (Å²) in [6.07, 6.45) is 0.854. The van der Waals surface area contributed by atoms with E-state index in [4.69, 9.17) is 4.74 Å². The number of benzene rings is 1. The van der Waals surface area contributed by atoms with E-state index in [1.54, 1.807) is 11.1 Å². The highest BCUT2D eigenvalue weighted by Gasteiger charge is 2.54. The van der Waals surface area contributed by atoms with E-state index >= 15 is 0 Å². The predicted octanol–water partition coefficient (Wildman–Crippen LogP) is 0.870. The molecule has 25 heavy (non-hydrogen) atoms. The van der Waals surface area contributed by atoms with Crippen molar-refractivity contribution in [2.24, 2.45) is 0 Å². The quantitative estimate of drug-likeness (QED) is 0.819. The lowest BCUT2D eigenvalue weighted by Crippen LogP contribution is -2.46. The molecular formula is C18H23N4O3+. The summed E-state index contributed by atoms with van der Waals surface area (Å²) in [6.45, 7) is 9.10. The van der Waals surface area contributed by atoms with E-state index in [-0.39, 0.29) is 11.8 Å². The van der Waals surface area contributed by atoms with Crippen LogP contribution in [-0.4, -0.2) is 72.1 Å². The molecule has 7 nitrogen and oxygen atoms in total. The van der Waals surface area contributed by atoms with Crippen LogP contribution in [0.1, 0.15) is 22.3 Å². The number of fused-ring (bicyclic) bond motifs is 2. The third kappa shape index (κ3) is 2.83. The summed E-state index contributed by atoms with van der Waals surface area (Å²) in [6, 6.07) is 6.58. The molecule has 0 spiro atoms. The Kier molecular flexibility index (Phi) is 4.27. The van der Waals surface area contributed by atoms with Crippen LogP contribution in [0.2, 0.25) is 0 Å². The molecule has 7 heteroatoms. The molecule has 132 valence electrons. The largest absolute Gasteiger partial charge is 0.379 e. The number of ketones is 1. The van der Waals surface area contributed by atoms with E-state index in [2.05, 4.69) is 16.9 Å². The van der Waals surface area contributed by atoms with Crippen LogP contribution in [0.4, 0.5) is 0 Å². The van der Waals surface area contributed by atoms with Crippen LogP contribution < -0.4 is 5.43 Å². The van der Waals surface area contributed by atoms with Crippen LogP contribution in [0, 0.1) is 4.91 Å². The lowest BCUT2D eigenvalue weighted by molar-refractivity contribution is -0.732. The Balaban J connectivity index is 1.47. The first-order chi connectivity index (χ1) is 12.2. The Morgan fingerprint density at radius 2 is 1.92 bits per heavy atom. The number of carbonyl (C=O) groups excluding carboxylic acids is 1. The van der Waals surface area contributed by atoms with Gasteiger partial charge < -0.3 is 4.74 Å². The van der Waals surface area contributed by atoms with Crippen molar-refractivity contribution in [3.8, 4) is 0 Å². The molecule has 0 amide bonds. The fourth-order valence-corrected chi connectivity index (χ4v) is 3.95. The van der Waals surface area contributed by atoms with Gasteiger partial charge in [0.15, 0.2) is 11.8 Å². The number of nitrogens with one attached hydrogen (secondary N) is 1. The van der Waals surface area contributed by atoms with Gasteiger partial charge in [-0.3, -0.25) is 9.69 Å². The number of nitroso groups, excluding NO2 is 1. The monoisotopic (exact) mass is 343 g/mol. The maximum absolute atomic E-state index is 12.7. The normalized spacial score (nSPS) is 26.4. The van der Waals surface area contributed by atoms with Crippen molar-refractivity contribution in [2.45, 2.75) is 18.5 Å². The molecule has 0 saturated carbocycles. The van der Waals surface area contributed by atoms with Gasteiger partial charge in [-0.05, 0) is 17.6 Å². The van der Waals surface area contributed by atoms with E-state index in [9.17, 15) is 9.70 Å². The number of rotatable bonds is 4. The first-order valence-electron chi connectivity index (χ1n) is 8.79. The van der Waals surface area contributed by atoms with Gasteiger partial charge in [-0.15, -0.1) is 10.4 Å². The summed E-state index contributed by atoms with van der Waals surface area (Å²) in [5.74, 6) is -0.0375. The zero-order chi connectivity index (χ0) is 17.4. The van der Waals surface area contributed by atoms with Crippen LogP contribution >= 0.6 is 0 Å². The fourth-order valence-electron chi connectivity index (χ4n) is 3.95. The van der Waals surface area contributed by atoms with Crippen molar-refractivity contribution in [1.29, 1.82) is 0 Å². The molecule has 2 heterocycles. The minimum atomic E-state index is -0.553. The van der Waals surface area contributed by atoms with E-state index in [1.165, 1.54) is 0 Å². The van der Waals surface area contributed by atoms with Gasteiger partial charge in [0, 0.05) is 25.2 Å². The molecule has 0 bridgehead atoms. The van der Waals surface area contributed by atoms with Crippen molar-refractivity contribution >= 4 is 11.4 Å². The summed E-state index contributed by atoms with van der Waals surface area (Å²) < 4.78 is 5.36. The molecule has 1 aromatic rings. The first kappa shape index (κ1) is 16.2. The van der Waals surface area contributed by atoms with E-state index in [1.807, 2.05) is 18.2 Å². The van der Waals surface area contributed by atoms with E-state index < -0.39 is 6.04 Å². The van der Waals surface area contributed by atoms with Gasteiger partial charge in [0.05, 0.1) is 24.7 Å². The van der Waals surface area contributed by atoms with Gasteiger partial charge in [0.25, 0.3) is 0 Å². The highest BCUT2D eigenvalue weighted by atomic mass is 16.5. The van der Waals surface area contributed by atoms with Crippen molar-refractivity contribution < 1.29 is 14.5 Å². The maximum atomic E-state index is 12.7. The molecule has 1 aliphatic carbocycles. The number of hydrazine groups is 2. The number of hydrogen-bond donors (Lipinski definition) is 1. The van der Waals surface area contributed by atoms with Crippen molar-refractivity contribution in [3.63, 3.8) is 0 Å². The smallest absolute Gasteiger partial charge is 0.250 e. The molecule has 2 unspecified atom stereocenters. The molecule has 1 N–H and O–H groups in total. The Labute approximate surface area is 146 Å². The lowest BCUT2D eigenvalue weighted by atomic mass is 9.80. The summed E-state index contributed by atoms with van der Waals surface area (Å²) in [4.78, 5) is 28.2. The molecular weight excluding hydrogens is 320 g/mol. The molecule has 2 atom stereocenters. The number of morpholine rings is 1. The van der Waals surface area contributed by atoms with Gasteiger partial charge in [0.1, 0.15) is 6.04 Å². The molecule has 2 aliphatic heterocycles. The van der Waals surface area contributed by atoms with Gasteiger partial charge >= 0.3 is 0 Å². The summed E-state index contributed by atoms with van der Waals surface area (Å²) in [5, 5.41) is 1.70. The van der Waals surface area contributed by atoms with Crippen molar-refractivity contribution in [3.05, 3.63) is 46.9 Å². The van der Waals surface area contributed by atoms with Crippen LogP contribution in [0.15, 0.2) is 30.8 Å². The summed E-state index contributed by atoms with van der Waals surface area (Å²) in [5.41, 5.74) is 5.10. The summed E-state index contributed by atoms with van der Waals surface area (Å²) in [7, 11) is 0. The average molecular weight is 343 g/mol. The Morgan fingerprint density at radius 1 is 1.20 bits per heavy atom. The van der Waals surface area contributed by atoms with Crippen LogP contribution in [0.25, 0.3) is 5.57 Å². The highest BCUT2D eigenvalue weighted by molar-refractivity contribution is 6.09. The number of carbonyl (C=O) groups is 1. The van der Waals surface area contributed by atoms with Crippen molar-refractivity contribution in [2.75, 3.05) is 39.4 Å². The molecule has 2 fully saturated rings. The van der Waals surface area contributed by atoms with Crippen LogP contribution in [-0.2, 0) is 4.74 Å². The average Bonchev–Trinajstić information content (AvgIpc) is 2.98. The van der Waals surface area contributed by atoms with Crippen LogP contribution in [0.3, 0.4) is 0 Å². The minimum absolute atomic E-state index is 0.0375. The van der Waals surface area contributed by atoms with E-state index in [0.29, 0.717) is 12.1 Å². The fraction of sp³-hybridized carbons (Fsp3) is 0.500. The SMILES string of the molecule is C=C1c2ccccc2C(=O)C2N[N+](=O)N(CCCN3CCOCC3)C12. The zero-order valence-corrected chi connectivity index (χ0v) is 14.2. The van der Waals surface area contributed by atoms with Gasteiger partial charge in [-0.2, -0.15) is 0 Å². The maximum Gasteiger partial charge on any atom is 0.250 e. The number of Topliss-reactive ketones (excluding diaryl/α,β-unsaturated/α-hetero) is 1. The number of ether oxygens (including phenoxy) is 1. The van der Waals surface area contributed by atoms with Gasteiger partial charge in [0.2, 0.25) is 4.98 Å². The molecule has 3 aliphatic rings. The molecule has 4 rings (SSSR count). The van der Waals surface area contributed by atoms with Crippen molar-refractivity contribution in [1.82, 2.24) is 15.3 Å². The van der Waals surface area contributed by atoms with Gasteiger partial charge in [-0.25, -0.2) is 0 Å². The topological polar surface area (TPSA) is 64.9 Å². The third-order valence-electron chi connectivity index (χ3n) is 5.26. The zero-order valence-electron chi connectivity index (χ0n) is 14.2. The molecule has 0 radical (unpaired) electrons.